The lowest BCUT2D eigenvalue weighted by Crippen LogP contribution is -2.79. The van der Waals surface area contributed by atoms with Gasteiger partial charge in [-0.15, -0.1) is 0 Å². The molecule has 0 N–H and O–H groups in total. The van der Waals surface area contributed by atoms with E-state index < -0.39 is 8.07 Å². The lowest BCUT2D eigenvalue weighted by Gasteiger charge is -2.51. The molecular formula is C48H57BN2Si. The van der Waals surface area contributed by atoms with Crippen LogP contribution in [0.4, 0.5) is 34.1 Å². The third-order valence-corrected chi connectivity index (χ3v) is 15.8. The number of hydrogen-bond acceptors (Lipinski definition) is 2. The van der Waals surface area contributed by atoms with Crippen LogP contribution in [0.15, 0.2) is 91.0 Å². The standard InChI is InChI=1S/C48H57BN2Si/c1-45(2,3)30-18-22-34(23-19-30)50-36-16-15-17-37-42(36)49-43-38(50)26-32(47(7,8)9)28-40(43)52(13,14)41-29-33(48(10,11)12)27-39(44(41)49)51(37)35-24-20-31(21-25-35)46(4,5)6/h15-29H,1-14H3. The molecule has 3 heterocycles. The normalized spacial score (nSPS) is 15.9. The van der Waals surface area contributed by atoms with Crippen molar-refractivity contribution in [2.45, 2.75) is 118 Å². The van der Waals surface area contributed by atoms with E-state index in [1.807, 2.05) is 0 Å². The zero-order valence-corrected chi connectivity index (χ0v) is 35.1. The molecule has 0 radical (unpaired) electrons. The minimum atomic E-state index is -2.21. The van der Waals surface area contributed by atoms with Crippen molar-refractivity contribution in [3.8, 4) is 0 Å². The van der Waals surface area contributed by atoms with Gasteiger partial charge in [0.1, 0.15) is 8.07 Å². The third-order valence-electron chi connectivity index (χ3n) is 12.3. The van der Waals surface area contributed by atoms with Crippen LogP contribution in [-0.4, -0.2) is 14.8 Å². The number of rotatable bonds is 2. The molecule has 0 unspecified atom stereocenters. The second-order valence-corrected chi connectivity index (χ2v) is 24.8. The molecule has 0 spiro atoms. The Kier molecular flexibility index (Phi) is 7.42. The highest BCUT2D eigenvalue weighted by Gasteiger charge is 2.52. The van der Waals surface area contributed by atoms with Gasteiger partial charge in [-0.2, -0.15) is 0 Å². The average molecular weight is 701 g/mol. The first-order valence-corrected chi connectivity index (χ1v) is 22.4. The van der Waals surface area contributed by atoms with Gasteiger partial charge in [0.2, 0.25) is 0 Å². The van der Waals surface area contributed by atoms with Crippen LogP contribution < -0.4 is 36.6 Å². The maximum Gasteiger partial charge on any atom is 0.251 e. The third kappa shape index (κ3) is 5.18. The van der Waals surface area contributed by atoms with E-state index in [1.165, 1.54) is 72.8 Å². The second-order valence-electron chi connectivity index (χ2n) is 20.4. The zero-order chi connectivity index (χ0) is 37.5. The summed E-state index contributed by atoms with van der Waals surface area (Å²) in [4.78, 5) is 5.22. The van der Waals surface area contributed by atoms with Crippen LogP contribution in [0.3, 0.4) is 0 Å². The van der Waals surface area contributed by atoms with Gasteiger partial charge in [0.15, 0.2) is 0 Å². The molecule has 8 rings (SSSR count). The highest BCUT2D eigenvalue weighted by Crippen LogP contribution is 2.46. The van der Waals surface area contributed by atoms with E-state index >= 15 is 0 Å². The minimum absolute atomic E-state index is 0.0151. The maximum atomic E-state index is 2.63. The number of anilines is 6. The molecule has 0 saturated carbocycles. The Morgan fingerprint density at radius 2 is 0.750 bits per heavy atom. The summed E-state index contributed by atoms with van der Waals surface area (Å²) in [6.07, 6.45) is 0. The largest absolute Gasteiger partial charge is 0.311 e. The number of nitrogens with zero attached hydrogens (tertiary/aromatic N) is 2. The molecule has 3 aliphatic heterocycles. The first-order chi connectivity index (χ1) is 24.1. The van der Waals surface area contributed by atoms with E-state index in [0.717, 1.165) is 0 Å². The Morgan fingerprint density at radius 1 is 0.404 bits per heavy atom. The van der Waals surface area contributed by atoms with Crippen LogP contribution in [0.2, 0.25) is 13.1 Å². The first-order valence-electron chi connectivity index (χ1n) is 19.4. The van der Waals surface area contributed by atoms with E-state index in [9.17, 15) is 0 Å². The highest BCUT2D eigenvalue weighted by atomic mass is 28.3. The molecule has 266 valence electrons. The summed E-state index contributed by atoms with van der Waals surface area (Å²) in [6.45, 7) is 33.5. The van der Waals surface area contributed by atoms with Gasteiger partial charge in [0.25, 0.3) is 6.71 Å². The fourth-order valence-corrected chi connectivity index (χ4v) is 12.2. The fourth-order valence-electron chi connectivity index (χ4n) is 8.99. The minimum Gasteiger partial charge on any atom is -0.311 e. The molecule has 52 heavy (non-hydrogen) atoms. The quantitative estimate of drug-likeness (QED) is 0.166. The van der Waals surface area contributed by atoms with Crippen molar-refractivity contribution in [3.05, 3.63) is 113 Å². The van der Waals surface area contributed by atoms with Gasteiger partial charge in [-0.3, -0.25) is 0 Å². The Morgan fingerprint density at radius 3 is 1.08 bits per heavy atom. The van der Waals surface area contributed by atoms with Crippen molar-refractivity contribution < 1.29 is 0 Å². The predicted molar refractivity (Wildman–Crippen MR) is 232 cm³/mol. The van der Waals surface area contributed by atoms with Gasteiger partial charge in [0.05, 0.1) is 0 Å². The molecule has 0 atom stereocenters. The van der Waals surface area contributed by atoms with Crippen molar-refractivity contribution in [3.63, 3.8) is 0 Å². The van der Waals surface area contributed by atoms with E-state index in [4.69, 9.17) is 0 Å². The van der Waals surface area contributed by atoms with Crippen LogP contribution in [0.5, 0.6) is 0 Å². The smallest absolute Gasteiger partial charge is 0.251 e. The molecule has 0 fully saturated rings. The average Bonchev–Trinajstić information content (AvgIpc) is 3.05. The van der Waals surface area contributed by atoms with E-state index in [-0.39, 0.29) is 28.4 Å². The molecule has 5 aromatic carbocycles. The lowest BCUT2D eigenvalue weighted by atomic mass is 9.33. The van der Waals surface area contributed by atoms with Crippen molar-refractivity contribution in [2.75, 3.05) is 9.80 Å². The van der Waals surface area contributed by atoms with Crippen molar-refractivity contribution >= 4 is 75.7 Å². The van der Waals surface area contributed by atoms with Gasteiger partial charge in [-0.25, -0.2) is 0 Å². The molecule has 5 aromatic rings. The Balaban J connectivity index is 1.50. The van der Waals surface area contributed by atoms with Crippen LogP contribution >= 0.6 is 0 Å². The zero-order valence-electron chi connectivity index (χ0n) is 34.1. The molecule has 0 bridgehead atoms. The summed E-state index contributed by atoms with van der Waals surface area (Å²) in [5.41, 5.74) is 18.0. The molecule has 0 saturated heterocycles. The topological polar surface area (TPSA) is 6.48 Å². The Hall–Kier alpha value is -4.02. The van der Waals surface area contributed by atoms with Crippen molar-refractivity contribution in [1.82, 2.24) is 0 Å². The van der Waals surface area contributed by atoms with Crippen LogP contribution in [0.25, 0.3) is 0 Å². The van der Waals surface area contributed by atoms with Gasteiger partial charge in [-0.1, -0.05) is 149 Å². The lowest BCUT2D eigenvalue weighted by molar-refractivity contribution is 0.590. The summed E-state index contributed by atoms with van der Waals surface area (Å²) >= 11 is 0. The summed E-state index contributed by atoms with van der Waals surface area (Å²) in [5.74, 6) is 0. The van der Waals surface area contributed by atoms with Gasteiger partial charge < -0.3 is 9.80 Å². The Labute approximate surface area is 315 Å². The molecule has 0 aromatic heterocycles. The highest BCUT2D eigenvalue weighted by molar-refractivity contribution is 7.16. The SMILES string of the molecule is CC(C)(C)c1ccc(N2c3cccc4c3B3c5c2cc(C(C)(C)C)cc5[Si](C)(C)c2cc(C(C)(C)C)cc(c23)N4c2ccc(C(C)(C)C)cc2)cc1. The van der Waals surface area contributed by atoms with Gasteiger partial charge in [-0.05, 0) is 109 Å². The predicted octanol–water partition coefficient (Wildman–Crippen LogP) is 10.1. The summed E-state index contributed by atoms with van der Waals surface area (Å²) < 4.78 is 0. The van der Waals surface area contributed by atoms with E-state index in [1.54, 1.807) is 10.4 Å². The maximum absolute atomic E-state index is 2.63. The first kappa shape index (κ1) is 35.0. The fraction of sp³-hybridized carbons (Fsp3) is 0.375. The van der Waals surface area contributed by atoms with E-state index in [2.05, 4.69) is 197 Å². The molecule has 0 amide bonds. The number of benzene rings is 5. The van der Waals surface area contributed by atoms with Crippen LogP contribution in [0, 0.1) is 0 Å². The molecule has 0 aliphatic carbocycles. The van der Waals surface area contributed by atoms with Crippen LogP contribution in [-0.2, 0) is 21.7 Å². The molecule has 4 heteroatoms. The van der Waals surface area contributed by atoms with Gasteiger partial charge in [0, 0.05) is 34.1 Å². The van der Waals surface area contributed by atoms with Crippen molar-refractivity contribution in [1.29, 1.82) is 0 Å². The Bertz CT molecular complexity index is 2100. The second kappa shape index (κ2) is 11.0. The summed E-state index contributed by atoms with van der Waals surface area (Å²) in [5, 5.41) is 3.20. The summed E-state index contributed by atoms with van der Waals surface area (Å²) in [6, 6.07) is 36.3. The monoisotopic (exact) mass is 700 g/mol. The summed E-state index contributed by atoms with van der Waals surface area (Å²) in [7, 11) is -2.21. The number of hydrogen-bond donors (Lipinski definition) is 0. The molecular weight excluding hydrogens is 643 g/mol. The molecule has 2 nitrogen and oxygen atoms in total. The van der Waals surface area contributed by atoms with Crippen LogP contribution in [0.1, 0.15) is 105 Å². The van der Waals surface area contributed by atoms with E-state index in [0.29, 0.717) is 0 Å². The van der Waals surface area contributed by atoms with Gasteiger partial charge >= 0.3 is 0 Å². The molecule has 3 aliphatic rings. The van der Waals surface area contributed by atoms with Crippen molar-refractivity contribution in [2.24, 2.45) is 0 Å².